The van der Waals surface area contributed by atoms with Crippen LogP contribution in [-0.4, -0.2) is 33.9 Å². The number of hydrogen-bond acceptors (Lipinski definition) is 3. The minimum Gasteiger partial charge on any atom is -0.396 e. The molecule has 0 bridgehead atoms. The van der Waals surface area contributed by atoms with Crippen LogP contribution in [0, 0.1) is 5.92 Å². The zero-order valence-corrected chi connectivity index (χ0v) is 16.2. The lowest BCUT2D eigenvalue weighted by atomic mass is 9.63. The summed E-state index contributed by atoms with van der Waals surface area (Å²) in [5, 5.41) is 17.8. The first kappa shape index (κ1) is 19.2. The maximum Gasteiger partial charge on any atom is 0.230 e. The normalized spacial score (nSPS) is 16.8. The summed E-state index contributed by atoms with van der Waals surface area (Å²) in [5.74, 6) is -0.0548. The van der Waals surface area contributed by atoms with E-state index in [-0.39, 0.29) is 18.4 Å². The number of nitrogens with zero attached hydrogens (tertiary/aromatic N) is 2. The van der Waals surface area contributed by atoms with E-state index in [4.69, 9.17) is 23.2 Å². The Labute approximate surface area is 163 Å². The van der Waals surface area contributed by atoms with Crippen LogP contribution in [0.2, 0.25) is 10.0 Å². The van der Waals surface area contributed by atoms with E-state index in [0.29, 0.717) is 23.0 Å². The molecule has 1 unspecified atom stereocenters. The van der Waals surface area contributed by atoms with Crippen molar-refractivity contribution in [3.8, 4) is 0 Å². The summed E-state index contributed by atoms with van der Waals surface area (Å²) < 4.78 is 1.73. The quantitative estimate of drug-likeness (QED) is 0.756. The van der Waals surface area contributed by atoms with Gasteiger partial charge in [0.05, 0.1) is 21.7 Å². The van der Waals surface area contributed by atoms with Gasteiger partial charge in [-0.25, -0.2) is 0 Å². The van der Waals surface area contributed by atoms with Crippen molar-refractivity contribution < 1.29 is 9.90 Å². The molecule has 1 heterocycles. The molecule has 140 valence electrons. The van der Waals surface area contributed by atoms with Crippen molar-refractivity contribution in [3.05, 3.63) is 51.8 Å². The van der Waals surface area contributed by atoms with Crippen molar-refractivity contribution in [3.63, 3.8) is 0 Å². The molecule has 0 saturated heterocycles. The van der Waals surface area contributed by atoms with Crippen LogP contribution in [-0.2, 0) is 23.7 Å². The molecule has 7 heteroatoms. The summed E-state index contributed by atoms with van der Waals surface area (Å²) in [5.41, 5.74) is 1.41. The number of aliphatic hydroxyl groups excluding tert-OH is 1. The maximum atomic E-state index is 12.9. The fraction of sp³-hybridized carbons (Fsp3) is 0.474. The molecule has 3 rings (SSSR count). The fourth-order valence-corrected chi connectivity index (χ4v) is 3.79. The molecule has 0 aliphatic heterocycles. The third-order valence-corrected chi connectivity index (χ3v) is 5.95. The highest BCUT2D eigenvalue weighted by Gasteiger charge is 2.45. The molecule has 1 aliphatic rings. The number of halogens is 2. The molecular formula is C19H23Cl2N3O2. The number of rotatable bonds is 7. The van der Waals surface area contributed by atoms with Crippen LogP contribution in [0.25, 0.3) is 0 Å². The SMILES string of the molecule is Cn1cc(CC(CO)CNC(=O)C2(c3ccc(Cl)c(Cl)c3)CCC2)cn1. The van der Waals surface area contributed by atoms with Crippen LogP contribution in [0.5, 0.6) is 0 Å². The van der Waals surface area contributed by atoms with Gasteiger partial charge >= 0.3 is 0 Å². The summed E-state index contributed by atoms with van der Waals surface area (Å²) in [6.07, 6.45) is 6.98. The van der Waals surface area contributed by atoms with Crippen LogP contribution in [0.1, 0.15) is 30.4 Å². The highest BCUT2D eigenvalue weighted by atomic mass is 35.5. The van der Waals surface area contributed by atoms with Crippen LogP contribution < -0.4 is 5.32 Å². The van der Waals surface area contributed by atoms with Crippen molar-refractivity contribution in [1.82, 2.24) is 15.1 Å². The number of benzene rings is 1. The Balaban J connectivity index is 1.66. The molecule has 0 radical (unpaired) electrons. The van der Waals surface area contributed by atoms with E-state index in [1.807, 2.05) is 19.3 Å². The predicted molar refractivity (Wildman–Crippen MR) is 102 cm³/mol. The second kappa shape index (κ2) is 7.99. The fourth-order valence-electron chi connectivity index (χ4n) is 3.49. The second-order valence-corrected chi connectivity index (χ2v) is 7.86. The molecule has 2 N–H and O–H groups in total. The lowest BCUT2D eigenvalue weighted by molar-refractivity contribution is -0.130. The third-order valence-electron chi connectivity index (χ3n) is 5.21. The summed E-state index contributed by atoms with van der Waals surface area (Å²) in [6, 6.07) is 5.42. The molecule has 5 nitrogen and oxygen atoms in total. The molecular weight excluding hydrogens is 373 g/mol. The van der Waals surface area contributed by atoms with Crippen LogP contribution in [0.4, 0.5) is 0 Å². The summed E-state index contributed by atoms with van der Waals surface area (Å²) >= 11 is 12.1. The number of carbonyl (C=O) groups excluding carboxylic acids is 1. The van der Waals surface area contributed by atoms with Crippen LogP contribution in [0.3, 0.4) is 0 Å². The van der Waals surface area contributed by atoms with Gasteiger partial charge in [0, 0.05) is 32.3 Å². The van der Waals surface area contributed by atoms with E-state index < -0.39 is 5.41 Å². The predicted octanol–water partition coefficient (Wildman–Crippen LogP) is 3.12. The molecule has 1 fully saturated rings. The Morgan fingerprint density at radius 2 is 2.15 bits per heavy atom. The highest BCUT2D eigenvalue weighted by Crippen LogP contribution is 2.45. The van der Waals surface area contributed by atoms with Crippen LogP contribution in [0.15, 0.2) is 30.6 Å². The average molecular weight is 396 g/mol. The minimum absolute atomic E-state index is 0.00762. The third kappa shape index (κ3) is 3.90. The highest BCUT2D eigenvalue weighted by molar-refractivity contribution is 6.42. The standard InChI is InChI=1S/C19H23Cl2N3O2/c1-24-11-13(10-23-24)7-14(12-25)9-22-18(26)19(5-2-6-19)15-3-4-16(20)17(21)8-15/h3-4,8,10-11,14,25H,2,5-7,9,12H2,1H3,(H,22,26). The second-order valence-electron chi connectivity index (χ2n) is 7.05. The summed E-state index contributed by atoms with van der Waals surface area (Å²) in [7, 11) is 1.86. The van der Waals surface area contributed by atoms with E-state index in [1.54, 1.807) is 23.0 Å². The van der Waals surface area contributed by atoms with E-state index in [0.717, 1.165) is 30.4 Å². The Kier molecular flexibility index (Phi) is 5.90. The number of aromatic nitrogens is 2. The van der Waals surface area contributed by atoms with Crippen molar-refractivity contribution in [2.45, 2.75) is 31.1 Å². The Hall–Kier alpha value is -1.56. The lowest BCUT2D eigenvalue weighted by Gasteiger charge is -2.41. The first-order valence-electron chi connectivity index (χ1n) is 8.77. The largest absolute Gasteiger partial charge is 0.396 e. The van der Waals surface area contributed by atoms with Gasteiger partial charge in [-0.2, -0.15) is 5.10 Å². The monoisotopic (exact) mass is 395 g/mol. The molecule has 1 saturated carbocycles. The van der Waals surface area contributed by atoms with Crippen molar-refractivity contribution in [2.75, 3.05) is 13.2 Å². The molecule has 2 aromatic rings. The zero-order valence-electron chi connectivity index (χ0n) is 14.7. The van der Waals surface area contributed by atoms with Crippen molar-refractivity contribution in [2.24, 2.45) is 13.0 Å². The number of aliphatic hydroxyl groups is 1. The van der Waals surface area contributed by atoms with Gasteiger partial charge in [0.2, 0.25) is 5.91 Å². The Morgan fingerprint density at radius 1 is 1.38 bits per heavy atom. The molecule has 0 spiro atoms. The maximum absolute atomic E-state index is 12.9. The summed E-state index contributed by atoms with van der Waals surface area (Å²) in [4.78, 5) is 12.9. The van der Waals surface area contributed by atoms with E-state index in [2.05, 4.69) is 10.4 Å². The van der Waals surface area contributed by atoms with Gasteiger partial charge in [0.1, 0.15) is 0 Å². The van der Waals surface area contributed by atoms with Gasteiger partial charge in [-0.3, -0.25) is 9.48 Å². The lowest BCUT2D eigenvalue weighted by Crippen LogP contribution is -2.50. The molecule has 26 heavy (non-hydrogen) atoms. The van der Waals surface area contributed by atoms with Gasteiger partial charge in [-0.1, -0.05) is 35.7 Å². The number of carbonyl (C=O) groups is 1. The molecule has 1 amide bonds. The molecule has 1 aromatic heterocycles. The number of hydrogen-bond donors (Lipinski definition) is 2. The van der Waals surface area contributed by atoms with E-state index >= 15 is 0 Å². The van der Waals surface area contributed by atoms with Crippen molar-refractivity contribution >= 4 is 29.1 Å². The van der Waals surface area contributed by atoms with Gasteiger partial charge in [0.15, 0.2) is 0 Å². The number of aryl methyl sites for hydroxylation is 1. The minimum atomic E-state index is -0.539. The molecule has 1 aromatic carbocycles. The van der Waals surface area contributed by atoms with Crippen molar-refractivity contribution in [1.29, 1.82) is 0 Å². The smallest absolute Gasteiger partial charge is 0.230 e. The van der Waals surface area contributed by atoms with Gasteiger partial charge in [0.25, 0.3) is 0 Å². The van der Waals surface area contributed by atoms with Gasteiger partial charge in [-0.05, 0) is 42.5 Å². The average Bonchev–Trinajstić information content (AvgIpc) is 2.98. The van der Waals surface area contributed by atoms with Crippen LogP contribution >= 0.6 is 23.2 Å². The Morgan fingerprint density at radius 3 is 2.69 bits per heavy atom. The topological polar surface area (TPSA) is 67.2 Å². The zero-order chi connectivity index (χ0) is 18.7. The number of nitrogens with one attached hydrogen (secondary N) is 1. The molecule has 1 aliphatic carbocycles. The first-order valence-corrected chi connectivity index (χ1v) is 9.52. The van der Waals surface area contributed by atoms with E-state index in [9.17, 15) is 9.90 Å². The van der Waals surface area contributed by atoms with Gasteiger partial charge in [-0.15, -0.1) is 0 Å². The first-order chi connectivity index (χ1) is 12.4. The molecule has 1 atom stereocenters. The summed E-state index contributed by atoms with van der Waals surface area (Å²) in [6.45, 7) is 0.433. The van der Waals surface area contributed by atoms with E-state index in [1.165, 1.54) is 0 Å². The number of amides is 1. The van der Waals surface area contributed by atoms with Gasteiger partial charge < -0.3 is 10.4 Å². The Bertz CT molecular complexity index is 787.